The fourth-order valence-corrected chi connectivity index (χ4v) is 0.760. The van der Waals surface area contributed by atoms with E-state index < -0.39 is 11.8 Å². The zero-order valence-corrected chi connectivity index (χ0v) is 7.31. The Labute approximate surface area is 80.6 Å². The maximum absolute atomic E-state index is 10.6. The molecular weight excluding hydrogens is 182 g/mol. The Hall–Kier alpha value is -2.17. The van der Waals surface area contributed by atoms with Gasteiger partial charge in [-0.05, 0) is 5.56 Å². The normalized spacial score (nSPS) is 10.0. The van der Waals surface area contributed by atoms with E-state index in [0.29, 0.717) is 0 Å². The van der Waals surface area contributed by atoms with Crippen LogP contribution in [0.3, 0.4) is 0 Å². The van der Waals surface area contributed by atoms with Crippen LogP contribution < -0.4 is 11.2 Å². The molecule has 0 aliphatic rings. The molecule has 14 heavy (non-hydrogen) atoms. The minimum atomic E-state index is -1.06. The number of carbonyl (C=O) groups excluding carboxylic acids is 2. The number of benzene rings is 1. The predicted molar refractivity (Wildman–Crippen MR) is 51.4 cm³/mol. The summed E-state index contributed by atoms with van der Waals surface area (Å²) >= 11 is 0. The van der Waals surface area contributed by atoms with Crippen LogP contribution >= 0.6 is 0 Å². The van der Waals surface area contributed by atoms with Crippen molar-refractivity contribution < 1.29 is 9.59 Å². The molecular formula is C9H9N3O2. The molecule has 0 saturated carbocycles. The molecule has 2 amide bonds. The largest absolute Gasteiger partial charge is 0.361 e. The van der Waals surface area contributed by atoms with Crippen molar-refractivity contribution in [3.8, 4) is 0 Å². The summed E-state index contributed by atoms with van der Waals surface area (Å²) in [5.41, 5.74) is 7.49. The van der Waals surface area contributed by atoms with Crippen molar-refractivity contribution >= 4 is 18.0 Å². The van der Waals surface area contributed by atoms with Crippen LogP contribution in [0.2, 0.25) is 0 Å². The summed E-state index contributed by atoms with van der Waals surface area (Å²) in [6, 6.07) is 9.13. The monoisotopic (exact) mass is 191 g/mol. The van der Waals surface area contributed by atoms with E-state index in [9.17, 15) is 9.59 Å². The van der Waals surface area contributed by atoms with E-state index in [1.807, 2.05) is 23.6 Å². The zero-order valence-electron chi connectivity index (χ0n) is 7.31. The number of carbonyl (C=O) groups is 2. The van der Waals surface area contributed by atoms with Crippen molar-refractivity contribution in [1.29, 1.82) is 0 Å². The summed E-state index contributed by atoms with van der Waals surface area (Å²) in [5, 5.41) is 3.54. The number of hydrazone groups is 1. The Morgan fingerprint density at radius 3 is 2.50 bits per heavy atom. The Morgan fingerprint density at radius 2 is 1.93 bits per heavy atom. The number of hydrogen-bond acceptors (Lipinski definition) is 3. The van der Waals surface area contributed by atoms with E-state index in [4.69, 9.17) is 5.73 Å². The van der Waals surface area contributed by atoms with Crippen LogP contribution in [0.1, 0.15) is 5.56 Å². The molecule has 0 bridgehead atoms. The quantitative estimate of drug-likeness (QED) is 0.379. The average molecular weight is 191 g/mol. The first-order valence-electron chi connectivity index (χ1n) is 3.88. The molecule has 5 nitrogen and oxygen atoms in total. The smallest absolute Gasteiger partial charge is 0.329 e. The fraction of sp³-hybridized carbons (Fsp3) is 0. The van der Waals surface area contributed by atoms with Gasteiger partial charge in [-0.3, -0.25) is 9.59 Å². The average Bonchev–Trinajstić information content (AvgIpc) is 2.19. The number of nitrogens with one attached hydrogen (secondary N) is 1. The van der Waals surface area contributed by atoms with E-state index >= 15 is 0 Å². The maximum Gasteiger partial charge on any atom is 0.329 e. The Bertz CT molecular complexity index is 360. The highest BCUT2D eigenvalue weighted by Crippen LogP contribution is 1.92. The molecule has 3 N–H and O–H groups in total. The lowest BCUT2D eigenvalue weighted by molar-refractivity contribution is -0.137. The van der Waals surface area contributed by atoms with Crippen molar-refractivity contribution in [2.24, 2.45) is 10.8 Å². The third kappa shape index (κ3) is 3.06. The van der Waals surface area contributed by atoms with Gasteiger partial charge in [0.1, 0.15) is 0 Å². The SMILES string of the molecule is NC(=O)C(=O)N/N=C/c1ccccc1. The molecule has 72 valence electrons. The highest BCUT2D eigenvalue weighted by atomic mass is 16.2. The van der Waals surface area contributed by atoms with Gasteiger partial charge in [-0.25, -0.2) is 5.43 Å². The summed E-state index contributed by atoms with van der Waals surface area (Å²) in [4.78, 5) is 20.9. The van der Waals surface area contributed by atoms with Gasteiger partial charge in [0.2, 0.25) is 0 Å². The second-order valence-electron chi connectivity index (χ2n) is 2.47. The zero-order chi connectivity index (χ0) is 10.4. The summed E-state index contributed by atoms with van der Waals surface area (Å²) in [5.74, 6) is -1.99. The number of amides is 2. The molecule has 0 fully saturated rings. The van der Waals surface area contributed by atoms with Crippen LogP contribution in [0, 0.1) is 0 Å². The van der Waals surface area contributed by atoms with Crippen molar-refractivity contribution in [1.82, 2.24) is 5.43 Å². The predicted octanol–water partition coefficient (Wildman–Crippen LogP) is -0.378. The summed E-state index contributed by atoms with van der Waals surface area (Å²) in [7, 11) is 0. The van der Waals surface area contributed by atoms with Crippen LogP contribution in [0.25, 0.3) is 0 Å². The van der Waals surface area contributed by atoms with Gasteiger partial charge in [-0.2, -0.15) is 5.10 Å². The third-order valence-corrected chi connectivity index (χ3v) is 1.40. The molecule has 0 unspecified atom stereocenters. The summed E-state index contributed by atoms with van der Waals surface area (Å²) in [6.45, 7) is 0. The third-order valence-electron chi connectivity index (χ3n) is 1.40. The first-order chi connectivity index (χ1) is 6.70. The Balaban J connectivity index is 2.50. The van der Waals surface area contributed by atoms with E-state index in [1.54, 1.807) is 12.1 Å². The van der Waals surface area contributed by atoms with Gasteiger partial charge in [-0.1, -0.05) is 30.3 Å². The molecule has 0 aliphatic heterocycles. The van der Waals surface area contributed by atoms with Gasteiger partial charge in [0.15, 0.2) is 0 Å². The van der Waals surface area contributed by atoms with Crippen molar-refractivity contribution in [3.63, 3.8) is 0 Å². The van der Waals surface area contributed by atoms with Crippen molar-refractivity contribution in [3.05, 3.63) is 35.9 Å². The van der Waals surface area contributed by atoms with Crippen molar-refractivity contribution in [2.75, 3.05) is 0 Å². The maximum atomic E-state index is 10.6. The minimum Gasteiger partial charge on any atom is -0.361 e. The molecule has 1 aromatic carbocycles. The number of primary amides is 1. The highest BCUT2D eigenvalue weighted by molar-refractivity contribution is 6.34. The lowest BCUT2D eigenvalue weighted by Crippen LogP contribution is -2.32. The number of hydrogen-bond donors (Lipinski definition) is 2. The lowest BCUT2D eigenvalue weighted by Gasteiger charge is -1.93. The van der Waals surface area contributed by atoms with E-state index in [0.717, 1.165) is 5.56 Å². The van der Waals surface area contributed by atoms with Gasteiger partial charge in [0.05, 0.1) is 6.21 Å². The van der Waals surface area contributed by atoms with Crippen LogP contribution in [0.4, 0.5) is 0 Å². The van der Waals surface area contributed by atoms with Crippen LogP contribution in [-0.4, -0.2) is 18.0 Å². The van der Waals surface area contributed by atoms with Gasteiger partial charge < -0.3 is 5.73 Å². The van der Waals surface area contributed by atoms with Gasteiger partial charge in [0.25, 0.3) is 0 Å². The molecule has 5 heteroatoms. The van der Waals surface area contributed by atoms with E-state index in [-0.39, 0.29) is 0 Å². The molecule has 0 saturated heterocycles. The molecule has 0 atom stereocenters. The minimum absolute atomic E-state index is 0.817. The Morgan fingerprint density at radius 1 is 1.29 bits per heavy atom. The van der Waals surface area contributed by atoms with Gasteiger partial charge in [0, 0.05) is 0 Å². The molecule has 0 aliphatic carbocycles. The van der Waals surface area contributed by atoms with E-state index in [2.05, 4.69) is 5.10 Å². The lowest BCUT2D eigenvalue weighted by atomic mass is 10.2. The van der Waals surface area contributed by atoms with Gasteiger partial charge in [-0.15, -0.1) is 0 Å². The van der Waals surface area contributed by atoms with Crippen LogP contribution in [0.5, 0.6) is 0 Å². The second kappa shape index (κ2) is 4.76. The van der Waals surface area contributed by atoms with Crippen LogP contribution in [-0.2, 0) is 9.59 Å². The topological polar surface area (TPSA) is 84.5 Å². The molecule has 1 rings (SSSR count). The first kappa shape index (κ1) is 9.91. The Kier molecular flexibility index (Phi) is 3.37. The van der Waals surface area contributed by atoms with Gasteiger partial charge >= 0.3 is 11.8 Å². The van der Waals surface area contributed by atoms with Crippen LogP contribution in [0.15, 0.2) is 35.4 Å². The molecule has 1 aromatic rings. The van der Waals surface area contributed by atoms with Crippen molar-refractivity contribution in [2.45, 2.75) is 0 Å². The standard InChI is InChI=1S/C9H9N3O2/c10-8(13)9(14)12-11-6-7-4-2-1-3-5-7/h1-6H,(H2,10,13)(H,12,14)/b11-6+. The van der Waals surface area contributed by atoms with E-state index in [1.165, 1.54) is 6.21 Å². The number of rotatable bonds is 2. The number of nitrogens with two attached hydrogens (primary N) is 1. The summed E-state index contributed by atoms with van der Waals surface area (Å²) in [6.07, 6.45) is 1.42. The molecule has 0 spiro atoms. The summed E-state index contributed by atoms with van der Waals surface area (Å²) < 4.78 is 0. The molecule has 0 radical (unpaired) electrons. The second-order valence-corrected chi connectivity index (χ2v) is 2.47. The molecule has 0 heterocycles. The number of nitrogens with zero attached hydrogens (tertiary/aromatic N) is 1. The fourth-order valence-electron chi connectivity index (χ4n) is 0.760. The first-order valence-corrected chi connectivity index (χ1v) is 3.88. The molecule has 0 aromatic heterocycles. The highest BCUT2D eigenvalue weighted by Gasteiger charge is 2.04.